The van der Waals surface area contributed by atoms with Crippen molar-refractivity contribution < 1.29 is 13.9 Å². The fraction of sp³-hybridized carbons (Fsp3) is 0.286. The third-order valence-electron chi connectivity index (χ3n) is 1.64. The van der Waals surface area contributed by atoms with E-state index < -0.39 is 5.97 Å². The molecule has 0 saturated heterocycles. The molecule has 0 N–H and O–H groups in total. The summed E-state index contributed by atoms with van der Waals surface area (Å²) in [5, 5.41) is 0. The Hall–Kier alpha value is -1.32. The molecule has 4 heteroatoms. The van der Waals surface area contributed by atoms with Gasteiger partial charge < -0.3 is 9.30 Å². The van der Waals surface area contributed by atoms with Crippen LogP contribution in [0.4, 0.5) is 4.39 Å². The second kappa shape index (κ2) is 2.08. The monoisotopic (exact) mass is 155 g/mol. The molecule has 0 spiro atoms. The Kier molecular flexibility index (Phi) is 1.21. The molecule has 11 heavy (non-hydrogen) atoms. The van der Waals surface area contributed by atoms with Gasteiger partial charge in [-0.1, -0.05) is 0 Å². The standard InChI is InChI=1S/C7H6FNO2/c8-5-3-6-7(10)11-2-1-9(6)4-5/h3-4H,1-2H2. The SMILES string of the molecule is O=C1OCCn2cc(F)cc21. The van der Waals surface area contributed by atoms with Crippen molar-refractivity contribution in [1.82, 2.24) is 4.57 Å². The lowest BCUT2D eigenvalue weighted by atomic mass is 10.4. The summed E-state index contributed by atoms with van der Waals surface area (Å²) >= 11 is 0. The van der Waals surface area contributed by atoms with Gasteiger partial charge in [0.25, 0.3) is 0 Å². The van der Waals surface area contributed by atoms with Gasteiger partial charge in [-0.05, 0) is 0 Å². The average molecular weight is 155 g/mol. The number of nitrogens with zero attached hydrogens (tertiary/aromatic N) is 1. The van der Waals surface area contributed by atoms with E-state index in [0.717, 1.165) is 0 Å². The molecule has 1 aromatic rings. The van der Waals surface area contributed by atoms with Crippen LogP contribution in [0.15, 0.2) is 12.3 Å². The number of hydrogen-bond donors (Lipinski definition) is 0. The van der Waals surface area contributed by atoms with Crippen molar-refractivity contribution in [2.45, 2.75) is 6.54 Å². The van der Waals surface area contributed by atoms with Crippen LogP contribution in [0.3, 0.4) is 0 Å². The van der Waals surface area contributed by atoms with Crippen LogP contribution in [0, 0.1) is 5.82 Å². The lowest BCUT2D eigenvalue weighted by molar-refractivity contribution is 0.0422. The number of ether oxygens (including phenoxy) is 1. The van der Waals surface area contributed by atoms with Gasteiger partial charge in [0.1, 0.15) is 18.1 Å². The zero-order chi connectivity index (χ0) is 7.84. The van der Waals surface area contributed by atoms with Gasteiger partial charge in [0.15, 0.2) is 0 Å². The van der Waals surface area contributed by atoms with Crippen LogP contribution in [-0.2, 0) is 11.3 Å². The Morgan fingerprint density at radius 3 is 3.18 bits per heavy atom. The molecule has 0 saturated carbocycles. The highest BCUT2D eigenvalue weighted by molar-refractivity contribution is 5.88. The van der Waals surface area contributed by atoms with Gasteiger partial charge in [0, 0.05) is 12.3 Å². The zero-order valence-corrected chi connectivity index (χ0v) is 5.71. The Morgan fingerprint density at radius 1 is 1.64 bits per heavy atom. The van der Waals surface area contributed by atoms with Gasteiger partial charge in [-0.3, -0.25) is 0 Å². The molecule has 58 valence electrons. The maximum Gasteiger partial charge on any atom is 0.355 e. The lowest BCUT2D eigenvalue weighted by Gasteiger charge is -2.13. The fourth-order valence-electron chi connectivity index (χ4n) is 1.14. The summed E-state index contributed by atoms with van der Waals surface area (Å²) in [5.41, 5.74) is 0.300. The number of esters is 1. The number of rotatable bonds is 0. The molecule has 0 aromatic carbocycles. The molecule has 1 aliphatic heterocycles. The Bertz CT molecular complexity index is 305. The summed E-state index contributed by atoms with van der Waals surface area (Å²) in [5.74, 6) is -0.834. The molecule has 0 unspecified atom stereocenters. The summed E-state index contributed by atoms with van der Waals surface area (Å²) in [4.78, 5) is 10.9. The van der Waals surface area contributed by atoms with Crippen LogP contribution in [0.5, 0.6) is 0 Å². The molecule has 0 radical (unpaired) electrons. The van der Waals surface area contributed by atoms with Crippen LogP contribution in [-0.4, -0.2) is 17.1 Å². The molecule has 0 amide bonds. The van der Waals surface area contributed by atoms with Crippen LogP contribution >= 0.6 is 0 Å². The highest BCUT2D eigenvalue weighted by Gasteiger charge is 2.19. The molecule has 1 aliphatic rings. The number of carbonyl (C=O) groups excluding carboxylic acids is 1. The van der Waals surface area contributed by atoms with Gasteiger partial charge >= 0.3 is 5.97 Å². The van der Waals surface area contributed by atoms with Crippen molar-refractivity contribution in [2.24, 2.45) is 0 Å². The normalized spacial score (nSPS) is 15.9. The summed E-state index contributed by atoms with van der Waals surface area (Å²) in [6, 6.07) is 1.18. The molecular formula is C7H6FNO2. The maximum atomic E-state index is 12.5. The van der Waals surface area contributed by atoms with E-state index in [1.165, 1.54) is 12.3 Å². The molecular weight excluding hydrogens is 149 g/mol. The number of aromatic nitrogens is 1. The van der Waals surface area contributed by atoms with E-state index >= 15 is 0 Å². The van der Waals surface area contributed by atoms with Crippen LogP contribution < -0.4 is 0 Å². The largest absolute Gasteiger partial charge is 0.459 e. The van der Waals surface area contributed by atoms with E-state index in [2.05, 4.69) is 0 Å². The first-order valence-corrected chi connectivity index (χ1v) is 3.30. The van der Waals surface area contributed by atoms with Gasteiger partial charge in [-0.2, -0.15) is 0 Å². The predicted molar refractivity (Wildman–Crippen MR) is 34.7 cm³/mol. The van der Waals surface area contributed by atoms with E-state index in [1.807, 2.05) is 0 Å². The summed E-state index contributed by atoms with van der Waals surface area (Å²) in [7, 11) is 0. The van der Waals surface area contributed by atoms with E-state index in [1.54, 1.807) is 4.57 Å². The van der Waals surface area contributed by atoms with E-state index in [4.69, 9.17) is 4.74 Å². The lowest BCUT2D eigenvalue weighted by Crippen LogP contribution is -2.21. The molecule has 3 nitrogen and oxygen atoms in total. The quantitative estimate of drug-likeness (QED) is 0.519. The molecule has 0 aliphatic carbocycles. The summed E-state index contributed by atoms with van der Waals surface area (Å²) < 4.78 is 18.8. The second-order valence-corrected chi connectivity index (χ2v) is 2.37. The van der Waals surface area contributed by atoms with E-state index in [-0.39, 0.29) is 5.82 Å². The third kappa shape index (κ3) is 0.906. The molecule has 2 rings (SSSR count). The number of cyclic esters (lactones) is 1. The van der Waals surface area contributed by atoms with Crippen LogP contribution in [0.1, 0.15) is 10.5 Å². The smallest absolute Gasteiger partial charge is 0.355 e. The summed E-state index contributed by atoms with van der Waals surface area (Å²) in [6.45, 7) is 0.880. The number of fused-ring (bicyclic) bond motifs is 1. The number of halogens is 1. The topological polar surface area (TPSA) is 31.2 Å². The van der Waals surface area contributed by atoms with Crippen molar-refractivity contribution in [3.63, 3.8) is 0 Å². The Balaban J connectivity index is 2.52. The predicted octanol–water partition coefficient (Wildman–Crippen LogP) is 0.798. The van der Waals surface area contributed by atoms with Gasteiger partial charge in [0.05, 0.1) is 6.54 Å². The third-order valence-corrected chi connectivity index (χ3v) is 1.64. The zero-order valence-electron chi connectivity index (χ0n) is 5.71. The highest BCUT2D eigenvalue weighted by atomic mass is 19.1. The Labute approximate surface area is 62.4 Å². The molecule has 0 atom stereocenters. The van der Waals surface area contributed by atoms with Gasteiger partial charge in [-0.15, -0.1) is 0 Å². The average Bonchev–Trinajstić information content (AvgIpc) is 2.31. The van der Waals surface area contributed by atoms with Crippen molar-refractivity contribution in [2.75, 3.05) is 6.61 Å². The minimum atomic E-state index is -0.444. The van der Waals surface area contributed by atoms with Crippen molar-refractivity contribution >= 4 is 5.97 Å². The first-order valence-electron chi connectivity index (χ1n) is 3.30. The highest BCUT2D eigenvalue weighted by Crippen LogP contribution is 2.12. The fourth-order valence-corrected chi connectivity index (χ4v) is 1.14. The van der Waals surface area contributed by atoms with Crippen LogP contribution in [0.2, 0.25) is 0 Å². The van der Waals surface area contributed by atoms with Crippen molar-refractivity contribution in [3.05, 3.63) is 23.8 Å². The molecule has 2 heterocycles. The van der Waals surface area contributed by atoms with E-state index in [9.17, 15) is 9.18 Å². The Morgan fingerprint density at radius 2 is 2.45 bits per heavy atom. The minimum absolute atomic E-state index is 0.300. The number of hydrogen-bond acceptors (Lipinski definition) is 2. The van der Waals surface area contributed by atoms with E-state index in [0.29, 0.717) is 18.8 Å². The van der Waals surface area contributed by atoms with Crippen molar-refractivity contribution in [1.29, 1.82) is 0 Å². The molecule has 1 aromatic heterocycles. The molecule has 0 bridgehead atoms. The van der Waals surface area contributed by atoms with Crippen molar-refractivity contribution in [3.8, 4) is 0 Å². The second-order valence-electron chi connectivity index (χ2n) is 2.37. The molecule has 0 fully saturated rings. The first-order chi connectivity index (χ1) is 5.27. The minimum Gasteiger partial charge on any atom is -0.459 e. The summed E-state index contributed by atoms with van der Waals surface area (Å²) in [6.07, 6.45) is 1.30. The maximum absolute atomic E-state index is 12.5. The number of carbonyl (C=O) groups is 1. The van der Waals surface area contributed by atoms with Crippen LogP contribution in [0.25, 0.3) is 0 Å². The van der Waals surface area contributed by atoms with Gasteiger partial charge in [-0.25, -0.2) is 9.18 Å². The first kappa shape index (κ1) is 6.39. The van der Waals surface area contributed by atoms with Gasteiger partial charge in [0.2, 0.25) is 0 Å².